The van der Waals surface area contributed by atoms with Gasteiger partial charge < -0.3 is 24.4 Å². The molecule has 0 radical (unpaired) electrons. The van der Waals surface area contributed by atoms with Crippen molar-refractivity contribution in [2.45, 2.75) is 140 Å². The summed E-state index contributed by atoms with van der Waals surface area (Å²) in [5.74, 6) is 2.30. The summed E-state index contributed by atoms with van der Waals surface area (Å²) in [4.78, 5) is 14.3. The number of rotatable bonds is 6. The van der Waals surface area contributed by atoms with Crippen molar-refractivity contribution in [2.24, 2.45) is 34.5 Å². The molecular formula is C31H50O6. The highest BCUT2D eigenvalue weighted by atomic mass is 16.7. The van der Waals surface area contributed by atoms with Crippen LogP contribution in [-0.4, -0.2) is 63.3 Å². The molecule has 6 nitrogen and oxygen atoms in total. The molecule has 6 rings (SSSR count). The summed E-state index contributed by atoms with van der Waals surface area (Å²) in [5, 5.41) is 21.6. The van der Waals surface area contributed by atoms with Gasteiger partial charge in [-0.2, -0.15) is 0 Å². The molecule has 2 spiro atoms. The Morgan fingerprint density at radius 3 is 2.41 bits per heavy atom. The summed E-state index contributed by atoms with van der Waals surface area (Å²) in [6.07, 6.45) is 6.37. The van der Waals surface area contributed by atoms with E-state index in [1.807, 2.05) is 0 Å². The number of Topliss-reactive ketones (excluding diaryl/α,β-unsaturated/α-hetero) is 1. The van der Waals surface area contributed by atoms with Gasteiger partial charge in [0.05, 0.1) is 12.7 Å². The van der Waals surface area contributed by atoms with Gasteiger partial charge >= 0.3 is 0 Å². The normalized spacial score (nSPS) is 53.1. The fourth-order valence-electron chi connectivity index (χ4n) is 11.0. The number of epoxide rings is 1. The first kappa shape index (κ1) is 26.7. The van der Waals surface area contributed by atoms with Crippen molar-refractivity contribution in [3.8, 4) is 0 Å². The maximum absolute atomic E-state index is 14.3. The van der Waals surface area contributed by atoms with E-state index in [-0.39, 0.29) is 17.8 Å². The molecular weight excluding hydrogens is 468 g/mol. The first-order valence-corrected chi connectivity index (χ1v) is 15.1. The molecule has 6 heteroatoms. The van der Waals surface area contributed by atoms with Crippen LogP contribution in [0.4, 0.5) is 0 Å². The van der Waals surface area contributed by atoms with Crippen LogP contribution in [0.5, 0.6) is 0 Å². The Kier molecular flexibility index (Phi) is 5.63. The Morgan fingerprint density at radius 2 is 1.73 bits per heavy atom. The van der Waals surface area contributed by atoms with Gasteiger partial charge in [0.1, 0.15) is 22.4 Å². The molecule has 6 aliphatic rings. The molecule has 2 bridgehead atoms. The van der Waals surface area contributed by atoms with E-state index in [1.165, 1.54) is 6.42 Å². The topological polar surface area (TPSA) is 88.5 Å². The van der Waals surface area contributed by atoms with Gasteiger partial charge in [0.25, 0.3) is 0 Å². The van der Waals surface area contributed by atoms with Crippen molar-refractivity contribution in [3.05, 3.63) is 0 Å². The number of hydrogen-bond acceptors (Lipinski definition) is 6. The van der Waals surface area contributed by atoms with E-state index in [0.29, 0.717) is 49.5 Å². The number of carbonyl (C=O) groups excluding carboxylic acids is 1. The predicted octanol–water partition coefficient (Wildman–Crippen LogP) is 4.82. The Hall–Kier alpha value is -0.530. The third-order valence-electron chi connectivity index (χ3n) is 13.3. The average Bonchev–Trinajstić information content (AvgIpc) is 3.53. The first-order valence-electron chi connectivity index (χ1n) is 15.1. The smallest absolute Gasteiger partial charge is 0.167 e. The lowest BCUT2D eigenvalue weighted by atomic mass is 9.32. The number of carbonyl (C=O) groups is 1. The van der Waals surface area contributed by atoms with Crippen LogP contribution in [0.2, 0.25) is 0 Å². The minimum atomic E-state index is -1.08. The highest BCUT2D eigenvalue weighted by molar-refractivity contribution is 5.93. The minimum absolute atomic E-state index is 0.141. The van der Waals surface area contributed by atoms with Crippen molar-refractivity contribution in [2.75, 3.05) is 13.2 Å². The molecule has 3 aliphatic carbocycles. The monoisotopic (exact) mass is 518 g/mol. The molecule has 3 heterocycles. The molecule has 0 aromatic heterocycles. The molecule has 37 heavy (non-hydrogen) atoms. The quantitative estimate of drug-likeness (QED) is 0.490. The highest BCUT2D eigenvalue weighted by Crippen LogP contribution is 2.86. The van der Waals surface area contributed by atoms with Crippen molar-refractivity contribution in [1.29, 1.82) is 0 Å². The molecule has 2 N–H and O–H groups in total. The summed E-state index contributed by atoms with van der Waals surface area (Å²) in [5.41, 5.74) is -4.95. The third-order valence-corrected chi connectivity index (χ3v) is 13.3. The number of ketones is 1. The van der Waals surface area contributed by atoms with Crippen molar-refractivity contribution < 1.29 is 29.2 Å². The van der Waals surface area contributed by atoms with E-state index in [0.717, 1.165) is 32.1 Å². The lowest BCUT2D eigenvalue weighted by molar-refractivity contribution is -0.506. The van der Waals surface area contributed by atoms with Crippen LogP contribution < -0.4 is 0 Å². The van der Waals surface area contributed by atoms with Gasteiger partial charge in [-0.15, -0.1) is 0 Å². The van der Waals surface area contributed by atoms with Crippen LogP contribution in [0.25, 0.3) is 0 Å². The molecule has 0 aromatic carbocycles. The SMILES string of the molecule is CC(C)[C@H](C)CC[C@@H](C)[C@H]1CCC(=O)[C@@]23C[C@]45O[C@@]4(CO)[C@@H](O)CC[C@]5(C)[C@]4(CCCO[C@@]42C1(C)C)O3. The van der Waals surface area contributed by atoms with Crippen LogP contribution in [0, 0.1) is 34.5 Å². The summed E-state index contributed by atoms with van der Waals surface area (Å²) >= 11 is 0. The molecule has 210 valence electrons. The maximum Gasteiger partial charge on any atom is 0.167 e. The second kappa shape index (κ2) is 7.81. The van der Waals surface area contributed by atoms with Crippen molar-refractivity contribution >= 4 is 5.78 Å². The van der Waals surface area contributed by atoms with Gasteiger partial charge in [0.15, 0.2) is 11.4 Å². The third kappa shape index (κ3) is 2.61. The van der Waals surface area contributed by atoms with Crippen molar-refractivity contribution in [1.82, 2.24) is 0 Å². The van der Waals surface area contributed by atoms with Gasteiger partial charge in [0.2, 0.25) is 0 Å². The van der Waals surface area contributed by atoms with E-state index >= 15 is 0 Å². The molecule has 6 fully saturated rings. The largest absolute Gasteiger partial charge is 0.393 e. The van der Waals surface area contributed by atoms with Crippen molar-refractivity contribution in [3.63, 3.8) is 0 Å². The summed E-state index contributed by atoms with van der Waals surface area (Å²) in [7, 11) is 0. The van der Waals surface area contributed by atoms with E-state index in [2.05, 4.69) is 48.5 Å². The molecule has 0 unspecified atom stereocenters. The fraction of sp³-hybridized carbons (Fsp3) is 0.968. The molecule has 0 amide bonds. The van der Waals surface area contributed by atoms with E-state index in [9.17, 15) is 15.0 Å². The Bertz CT molecular complexity index is 979. The zero-order valence-corrected chi connectivity index (χ0v) is 24.2. The maximum atomic E-state index is 14.3. The van der Waals surface area contributed by atoms with Gasteiger partial charge in [-0.25, -0.2) is 0 Å². The summed E-state index contributed by atoms with van der Waals surface area (Å²) in [6.45, 7) is 16.8. The first-order chi connectivity index (χ1) is 17.3. The number of ether oxygens (including phenoxy) is 3. The second-order valence-electron chi connectivity index (χ2n) is 15.0. The zero-order chi connectivity index (χ0) is 26.9. The Morgan fingerprint density at radius 1 is 1.00 bits per heavy atom. The Labute approximate surface area is 223 Å². The zero-order valence-electron chi connectivity index (χ0n) is 24.2. The number of aliphatic hydroxyl groups is 2. The van der Waals surface area contributed by atoms with Crippen LogP contribution in [0.15, 0.2) is 0 Å². The lowest BCUT2D eigenvalue weighted by Gasteiger charge is -2.83. The van der Waals surface area contributed by atoms with E-state index in [1.54, 1.807) is 0 Å². The van der Waals surface area contributed by atoms with Crippen LogP contribution >= 0.6 is 0 Å². The lowest BCUT2D eigenvalue weighted by Crippen LogP contribution is -2.98. The van der Waals surface area contributed by atoms with E-state index in [4.69, 9.17) is 14.2 Å². The molecule has 3 saturated heterocycles. The van der Waals surface area contributed by atoms with Gasteiger partial charge in [-0.05, 0) is 55.8 Å². The minimum Gasteiger partial charge on any atom is -0.393 e. The van der Waals surface area contributed by atoms with Crippen LogP contribution in [0.3, 0.4) is 0 Å². The number of aliphatic hydroxyl groups excluding tert-OH is 2. The van der Waals surface area contributed by atoms with Crippen LogP contribution in [0.1, 0.15) is 106 Å². The highest BCUT2D eigenvalue weighted by Gasteiger charge is 3.01. The summed E-state index contributed by atoms with van der Waals surface area (Å²) < 4.78 is 20.7. The average molecular weight is 519 g/mol. The second-order valence-corrected chi connectivity index (χ2v) is 15.0. The van der Waals surface area contributed by atoms with Crippen LogP contribution in [-0.2, 0) is 19.0 Å². The predicted molar refractivity (Wildman–Crippen MR) is 140 cm³/mol. The molecule has 3 saturated carbocycles. The molecule has 0 aromatic rings. The van der Waals surface area contributed by atoms with Gasteiger partial charge in [-0.3, -0.25) is 4.79 Å². The molecule has 10 atom stereocenters. The standard InChI is InChI=1S/C31H50O6/c1-19(2)20(3)9-10-21(4)22-11-12-23(33)27-17-30-26(7,15-13-24(34)28(30,18-32)37-30)29(36-27)14-8-16-35-31(27,29)25(22,5)6/h19-22,24,32,34H,8-18H2,1-7H3/t20-,21-,22-,24+,26-,27+,28+,29+,30-,31-/m1/s1. The number of hydrogen-bond donors (Lipinski definition) is 2. The fourth-order valence-corrected chi connectivity index (χ4v) is 11.0. The van der Waals surface area contributed by atoms with Gasteiger partial charge in [-0.1, -0.05) is 61.3 Å². The van der Waals surface area contributed by atoms with Gasteiger partial charge in [0, 0.05) is 30.3 Å². The summed E-state index contributed by atoms with van der Waals surface area (Å²) in [6, 6.07) is 0. The van der Waals surface area contributed by atoms with E-state index < -0.39 is 39.5 Å². The molecule has 3 aliphatic heterocycles. The Balaban J connectivity index is 1.46.